The Morgan fingerprint density at radius 1 is 1.04 bits per heavy atom. The number of aliphatic hydroxyl groups is 1. The van der Waals surface area contributed by atoms with Gasteiger partial charge in [-0.15, -0.1) is 0 Å². The number of ether oxygens (including phenoxy) is 5. The first kappa shape index (κ1) is 37.0. The molecular formula is C34H36BrClN4O9. The van der Waals surface area contributed by atoms with Crippen LogP contribution >= 0.6 is 27.5 Å². The molecule has 4 rings (SSSR count). The molecule has 1 aliphatic heterocycles. The molecular weight excluding hydrogens is 724 g/mol. The topological polar surface area (TPSA) is 166 Å². The largest absolute Gasteiger partial charge is 0.490 e. The maximum atomic E-state index is 12.5. The van der Waals surface area contributed by atoms with Crippen LogP contribution in [0.4, 0.5) is 4.79 Å². The summed E-state index contributed by atoms with van der Waals surface area (Å²) in [7, 11) is 1.26. The van der Waals surface area contributed by atoms with Crippen molar-refractivity contribution in [1.29, 1.82) is 0 Å². The van der Waals surface area contributed by atoms with Gasteiger partial charge in [0.2, 0.25) is 0 Å². The summed E-state index contributed by atoms with van der Waals surface area (Å²) in [6, 6.07) is 13.9. The zero-order valence-electron chi connectivity index (χ0n) is 27.2. The molecule has 49 heavy (non-hydrogen) atoms. The smallest absolute Gasteiger partial charge is 0.338 e. The van der Waals surface area contributed by atoms with Gasteiger partial charge in [0.15, 0.2) is 17.7 Å². The van der Waals surface area contributed by atoms with Gasteiger partial charge in [-0.1, -0.05) is 29.8 Å². The predicted octanol–water partition coefficient (Wildman–Crippen LogP) is 5.38. The van der Waals surface area contributed by atoms with Crippen LogP contribution in [0.2, 0.25) is 5.02 Å². The Labute approximate surface area is 296 Å². The Morgan fingerprint density at radius 3 is 2.49 bits per heavy atom. The van der Waals surface area contributed by atoms with Crippen LogP contribution in [-0.4, -0.2) is 62.4 Å². The first-order valence-electron chi connectivity index (χ1n) is 15.1. The van der Waals surface area contributed by atoms with E-state index < -0.39 is 30.2 Å². The Bertz CT molecular complexity index is 1730. The molecule has 0 aliphatic carbocycles. The number of halogens is 2. The first-order chi connectivity index (χ1) is 23.5. The van der Waals surface area contributed by atoms with E-state index in [1.165, 1.54) is 13.3 Å². The third-order valence-corrected chi connectivity index (χ3v) is 7.79. The number of esters is 2. The van der Waals surface area contributed by atoms with E-state index >= 15 is 0 Å². The quantitative estimate of drug-likeness (QED) is 0.0685. The van der Waals surface area contributed by atoms with Crippen LogP contribution in [0, 0.1) is 0 Å². The minimum atomic E-state index is -1.23. The fourth-order valence-electron chi connectivity index (χ4n) is 4.75. The zero-order chi connectivity index (χ0) is 35.5. The number of amides is 2. The van der Waals surface area contributed by atoms with Gasteiger partial charge in [0, 0.05) is 16.3 Å². The summed E-state index contributed by atoms with van der Waals surface area (Å²) in [6.45, 7) is 5.74. The number of rotatable bonds is 15. The molecule has 15 heteroatoms. The number of carbonyl (C=O) groups is 3. The molecule has 0 spiro atoms. The fraction of sp³-hybridized carbons (Fsp3) is 0.294. The zero-order valence-corrected chi connectivity index (χ0v) is 29.5. The molecule has 0 saturated carbocycles. The minimum Gasteiger partial charge on any atom is -0.490 e. The monoisotopic (exact) mass is 758 g/mol. The molecule has 1 aliphatic rings. The average Bonchev–Trinajstić information content (AvgIpc) is 3.07. The lowest BCUT2D eigenvalue weighted by Gasteiger charge is -2.28. The Balaban J connectivity index is 1.40. The van der Waals surface area contributed by atoms with E-state index in [4.69, 9.17) is 35.3 Å². The number of methoxy groups -OCH3 is 1. The highest BCUT2D eigenvalue weighted by molar-refractivity contribution is 9.10. The molecule has 0 radical (unpaired) electrons. The highest BCUT2D eigenvalue weighted by atomic mass is 79.9. The van der Waals surface area contributed by atoms with E-state index in [2.05, 4.69) is 37.1 Å². The van der Waals surface area contributed by atoms with Crippen molar-refractivity contribution in [3.63, 3.8) is 0 Å². The molecule has 1 heterocycles. The van der Waals surface area contributed by atoms with Crippen LogP contribution in [-0.2, 0) is 20.9 Å². The van der Waals surface area contributed by atoms with Gasteiger partial charge in [-0.05, 0) is 84.2 Å². The highest BCUT2D eigenvalue weighted by Crippen LogP contribution is 2.35. The molecule has 0 unspecified atom stereocenters. The van der Waals surface area contributed by atoms with E-state index in [-0.39, 0.29) is 18.8 Å². The second-order valence-corrected chi connectivity index (χ2v) is 11.7. The lowest BCUT2D eigenvalue weighted by atomic mass is 9.95. The number of aliphatic hydroxyl groups excluding tert-OH is 1. The summed E-state index contributed by atoms with van der Waals surface area (Å²) in [4.78, 5) is 36.6. The number of hydrazone groups is 1. The van der Waals surface area contributed by atoms with Gasteiger partial charge >= 0.3 is 18.0 Å². The molecule has 0 fully saturated rings. The van der Waals surface area contributed by atoms with Crippen LogP contribution in [0.1, 0.15) is 53.9 Å². The summed E-state index contributed by atoms with van der Waals surface area (Å²) < 4.78 is 28.2. The number of nitrogens with zero attached hydrogens (tertiary/aromatic N) is 1. The predicted molar refractivity (Wildman–Crippen MR) is 185 cm³/mol. The summed E-state index contributed by atoms with van der Waals surface area (Å²) >= 11 is 9.75. The number of benzene rings is 3. The van der Waals surface area contributed by atoms with Crippen LogP contribution in [0.3, 0.4) is 0 Å². The standard InChI is InChI=1S/C34H36BrClN4O9/c1-5-46-27-14-22(30-29(33(43)45-4)19(3)38-34(44)39-30)11-12-26(27)48-18-28(41)40-37-16-23-13-24(36)15-25(35)31(23)49-17-20-7-9-21(10-8-20)32(42)47-6-2/h7-16,28,30,40-41H,5-6,17-18H2,1-4H3,(H2,38,39,44)/b37-16+/t28-,30+/m0/s1. The van der Waals surface area contributed by atoms with Gasteiger partial charge in [0.05, 0.1) is 48.2 Å². The van der Waals surface area contributed by atoms with Crippen molar-refractivity contribution in [1.82, 2.24) is 16.1 Å². The maximum absolute atomic E-state index is 12.5. The van der Waals surface area contributed by atoms with E-state index in [0.717, 1.165) is 5.56 Å². The number of hydrogen-bond donors (Lipinski definition) is 4. The third-order valence-electron chi connectivity index (χ3n) is 6.98. The van der Waals surface area contributed by atoms with E-state index in [1.807, 2.05) is 0 Å². The number of carbonyl (C=O) groups excluding carboxylic acids is 3. The van der Waals surface area contributed by atoms with Crippen LogP contribution in [0.5, 0.6) is 17.2 Å². The molecule has 0 bridgehead atoms. The van der Waals surface area contributed by atoms with Crippen LogP contribution in [0.15, 0.2) is 75.4 Å². The van der Waals surface area contributed by atoms with Gasteiger partial charge in [0.25, 0.3) is 0 Å². The summed E-state index contributed by atoms with van der Waals surface area (Å²) in [6.07, 6.45) is 0.219. The van der Waals surface area contributed by atoms with E-state index in [1.54, 1.807) is 75.4 Å². The second kappa shape index (κ2) is 17.6. The Hall–Kier alpha value is -4.79. The fourth-order valence-corrected chi connectivity index (χ4v) is 5.70. The van der Waals surface area contributed by atoms with Gasteiger partial charge in [0.1, 0.15) is 19.0 Å². The maximum Gasteiger partial charge on any atom is 0.338 e. The van der Waals surface area contributed by atoms with Gasteiger partial charge in [-0.2, -0.15) is 5.10 Å². The SMILES string of the molecule is CCOC(=O)c1ccc(COc2c(Br)cc(Cl)cc2/C=N/N[C@@H](O)COc2ccc([C@H]3NC(=O)NC(C)=C3C(=O)OC)cc2OCC)cc1. The summed E-state index contributed by atoms with van der Waals surface area (Å²) in [5.41, 5.74) is 5.58. The van der Waals surface area contributed by atoms with Crippen molar-refractivity contribution < 1.29 is 43.2 Å². The Morgan fingerprint density at radius 2 is 1.80 bits per heavy atom. The van der Waals surface area contributed by atoms with Gasteiger partial charge in [-0.25, -0.2) is 14.4 Å². The van der Waals surface area contributed by atoms with Gasteiger partial charge < -0.3 is 39.4 Å². The molecule has 260 valence electrons. The van der Waals surface area contributed by atoms with Crippen molar-refractivity contribution in [2.45, 2.75) is 39.6 Å². The van der Waals surface area contributed by atoms with Crippen LogP contribution in [0.25, 0.3) is 0 Å². The molecule has 2 amide bonds. The molecule has 2 atom stereocenters. The summed E-state index contributed by atoms with van der Waals surface area (Å²) in [5.74, 6) is 0.136. The lowest BCUT2D eigenvalue weighted by Crippen LogP contribution is -2.45. The van der Waals surface area contributed by atoms with E-state index in [9.17, 15) is 19.5 Å². The number of nitrogens with one attached hydrogen (secondary N) is 3. The molecule has 3 aromatic rings. The molecule has 13 nitrogen and oxygen atoms in total. The minimum absolute atomic E-state index is 0.193. The van der Waals surface area contributed by atoms with Crippen molar-refractivity contribution in [3.8, 4) is 17.2 Å². The van der Waals surface area contributed by atoms with Gasteiger partial charge in [-0.3, -0.25) is 5.43 Å². The van der Waals surface area contributed by atoms with E-state index in [0.29, 0.717) is 62.3 Å². The highest BCUT2D eigenvalue weighted by Gasteiger charge is 2.32. The normalized spacial score (nSPS) is 14.8. The Kier molecular flexibility index (Phi) is 13.3. The van der Waals surface area contributed by atoms with Crippen molar-refractivity contribution in [2.24, 2.45) is 5.10 Å². The molecule has 3 aromatic carbocycles. The lowest BCUT2D eigenvalue weighted by molar-refractivity contribution is -0.136. The number of hydrogen-bond acceptors (Lipinski definition) is 11. The number of urea groups is 1. The summed E-state index contributed by atoms with van der Waals surface area (Å²) in [5, 5.41) is 20.5. The van der Waals surface area contributed by atoms with Crippen molar-refractivity contribution in [3.05, 3.63) is 97.6 Å². The third kappa shape index (κ3) is 9.87. The first-order valence-corrected chi connectivity index (χ1v) is 16.3. The number of allylic oxidation sites excluding steroid dienone is 1. The van der Waals surface area contributed by atoms with Crippen LogP contribution < -0.4 is 30.3 Å². The van der Waals surface area contributed by atoms with Crippen molar-refractivity contribution >= 4 is 51.7 Å². The van der Waals surface area contributed by atoms with Crippen molar-refractivity contribution in [2.75, 3.05) is 26.9 Å². The average molecular weight is 760 g/mol. The molecule has 0 aromatic heterocycles. The molecule has 0 saturated heterocycles. The second-order valence-electron chi connectivity index (χ2n) is 10.4. The molecule has 4 N–H and O–H groups in total.